The number of nitrogens with one attached hydrogen (secondary N) is 1. The predicted molar refractivity (Wildman–Crippen MR) is 114 cm³/mol. The summed E-state index contributed by atoms with van der Waals surface area (Å²) in [4.78, 5) is 10.3. The molecule has 4 heterocycles. The van der Waals surface area contributed by atoms with Crippen LogP contribution >= 0.6 is 0 Å². The lowest BCUT2D eigenvalue weighted by atomic mass is 9.92. The maximum absolute atomic E-state index is 14.4. The van der Waals surface area contributed by atoms with E-state index >= 15 is 0 Å². The summed E-state index contributed by atoms with van der Waals surface area (Å²) in [5.74, 6) is -5.01. The van der Waals surface area contributed by atoms with Gasteiger partial charge in [-0.25, -0.2) is 8.91 Å². The molecule has 1 aliphatic carbocycles. The van der Waals surface area contributed by atoms with Crippen LogP contribution in [0.1, 0.15) is 18.5 Å². The largest absolute Gasteiger partial charge is 0.483 e. The highest BCUT2D eigenvalue weighted by Gasteiger charge is 2.58. The normalized spacial score (nSPS) is 22.6. The highest BCUT2D eigenvalue weighted by molar-refractivity contribution is 5.56. The number of hydrogen-bond donors (Lipinski definition) is 1. The molecule has 2 unspecified atom stereocenters. The van der Waals surface area contributed by atoms with Gasteiger partial charge in [-0.05, 0) is 49.8 Å². The Morgan fingerprint density at radius 1 is 1.14 bits per heavy atom. The zero-order valence-corrected chi connectivity index (χ0v) is 18.6. The van der Waals surface area contributed by atoms with E-state index in [1.54, 1.807) is 6.07 Å². The highest BCUT2D eigenvalue weighted by atomic mass is 19.4. The topological polar surface area (TPSA) is 67.6 Å². The number of aryl methyl sites for hydroxylation is 1. The van der Waals surface area contributed by atoms with Crippen LogP contribution in [0.2, 0.25) is 0 Å². The van der Waals surface area contributed by atoms with Gasteiger partial charge in [-0.1, -0.05) is 0 Å². The Balaban J connectivity index is 1.31. The number of piperidine rings is 1. The number of nitrogens with zero attached hydrogens (tertiary/aromatic N) is 5. The first kappa shape index (κ1) is 23.5. The van der Waals surface area contributed by atoms with Gasteiger partial charge < -0.3 is 15.0 Å². The quantitative estimate of drug-likeness (QED) is 0.504. The van der Waals surface area contributed by atoms with E-state index in [0.717, 1.165) is 18.5 Å². The van der Waals surface area contributed by atoms with Gasteiger partial charge >= 0.3 is 12.1 Å². The van der Waals surface area contributed by atoms with E-state index in [1.165, 1.54) is 29.0 Å². The second kappa shape index (κ2) is 8.45. The van der Waals surface area contributed by atoms with Gasteiger partial charge in [0.25, 0.3) is 0 Å². The average molecular weight is 500 g/mol. The standard InChI is InChI=1S/C22H22F6N6O/c1-12-7-16(15(23)8-29-12)33-9-13-4-5-14(10-33)18(13)30-20-31-19-17(3-2-6-34(19)32-20)35-11-21(24,25)22(26,27)28/h2-3,6-8,13-14,18H,4-5,9-11H2,1H3,(H,30,32)/t13-,14?,18?/m0/s1. The number of ether oxygens (including phenoxy) is 1. The van der Waals surface area contributed by atoms with E-state index in [0.29, 0.717) is 18.8 Å². The maximum Gasteiger partial charge on any atom is 0.456 e. The lowest BCUT2D eigenvalue weighted by molar-refractivity contribution is -0.289. The van der Waals surface area contributed by atoms with Gasteiger partial charge in [0.15, 0.2) is 23.8 Å². The fourth-order valence-electron chi connectivity index (χ4n) is 4.88. The SMILES string of the molecule is Cc1cc(N2CC3CC[C@@H](C2)C3Nc2nc3c(OCC(F)(F)C(F)(F)F)cccn3n2)c(F)cn1. The zero-order valence-electron chi connectivity index (χ0n) is 18.6. The predicted octanol–water partition coefficient (Wildman–Crippen LogP) is 4.48. The first-order chi connectivity index (χ1) is 16.5. The third-order valence-corrected chi connectivity index (χ3v) is 6.59. The molecule has 0 spiro atoms. The molecule has 1 aliphatic heterocycles. The summed E-state index contributed by atoms with van der Waals surface area (Å²) in [7, 11) is 0. The van der Waals surface area contributed by atoms with Crippen molar-refractivity contribution in [3.8, 4) is 5.75 Å². The van der Waals surface area contributed by atoms with Crippen LogP contribution in [0.25, 0.3) is 5.65 Å². The number of rotatable bonds is 6. The molecule has 0 radical (unpaired) electrons. The van der Waals surface area contributed by atoms with Crippen LogP contribution in [0.5, 0.6) is 5.75 Å². The molecule has 7 nitrogen and oxygen atoms in total. The molecule has 3 aromatic rings. The molecule has 13 heteroatoms. The second-order valence-corrected chi connectivity index (χ2v) is 9.02. The lowest BCUT2D eigenvalue weighted by Gasteiger charge is -2.39. The molecule has 2 aliphatic rings. The number of fused-ring (bicyclic) bond motifs is 3. The molecular weight excluding hydrogens is 478 g/mol. The monoisotopic (exact) mass is 500 g/mol. The summed E-state index contributed by atoms with van der Waals surface area (Å²) in [6.45, 7) is 1.20. The first-order valence-corrected chi connectivity index (χ1v) is 11.1. The van der Waals surface area contributed by atoms with Gasteiger partial charge in [-0.2, -0.15) is 26.9 Å². The van der Waals surface area contributed by atoms with E-state index in [1.807, 2.05) is 11.8 Å². The van der Waals surface area contributed by atoms with E-state index < -0.39 is 18.7 Å². The van der Waals surface area contributed by atoms with Gasteiger partial charge in [-0.15, -0.1) is 5.10 Å². The van der Waals surface area contributed by atoms with Crippen molar-refractivity contribution >= 4 is 17.3 Å². The number of pyridine rings is 2. The van der Waals surface area contributed by atoms with E-state index in [2.05, 4.69) is 20.4 Å². The summed E-state index contributed by atoms with van der Waals surface area (Å²) in [6.07, 6.45) is -1.14. The van der Waals surface area contributed by atoms with Crippen molar-refractivity contribution in [1.82, 2.24) is 19.6 Å². The Morgan fingerprint density at radius 2 is 1.86 bits per heavy atom. The summed E-state index contributed by atoms with van der Waals surface area (Å²) in [5, 5.41) is 7.58. The van der Waals surface area contributed by atoms with Crippen LogP contribution in [0, 0.1) is 24.6 Å². The van der Waals surface area contributed by atoms with Crippen LogP contribution in [0.15, 0.2) is 30.6 Å². The molecule has 2 fully saturated rings. The Bertz CT molecular complexity index is 1220. The van der Waals surface area contributed by atoms with Crippen LogP contribution in [-0.4, -0.2) is 57.4 Å². The van der Waals surface area contributed by atoms with Gasteiger partial charge in [0, 0.05) is 31.0 Å². The molecule has 1 N–H and O–H groups in total. The fraction of sp³-hybridized carbons (Fsp3) is 0.500. The molecule has 188 valence electrons. The zero-order chi connectivity index (χ0) is 25.0. The molecule has 2 bridgehead atoms. The molecule has 1 saturated heterocycles. The van der Waals surface area contributed by atoms with Crippen LogP contribution in [-0.2, 0) is 0 Å². The number of aromatic nitrogens is 4. The molecule has 5 rings (SSSR count). The van der Waals surface area contributed by atoms with Gasteiger partial charge in [0.2, 0.25) is 5.95 Å². The fourth-order valence-corrected chi connectivity index (χ4v) is 4.88. The van der Waals surface area contributed by atoms with Crippen molar-refractivity contribution < 1.29 is 31.1 Å². The van der Waals surface area contributed by atoms with Crippen LogP contribution in [0.3, 0.4) is 0 Å². The van der Waals surface area contributed by atoms with E-state index in [9.17, 15) is 26.3 Å². The number of hydrogen-bond acceptors (Lipinski definition) is 6. The van der Waals surface area contributed by atoms with Crippen LogP contribution in [0.4, 0.5) is 38.0 Å². The van der Waals surface area contributed by atoms with Gasteiger partial charge in [-0.3, -0.25) is 4.98 Å². The third-order valence-electron chi connectivity index (χ3n) is 6.59. The van der Waals surface area contributed by atoms with Crippen molar-refractivity contribution in [3.05, 3.63) is 42.1 Å². The van der Waals surface area contributed by atoms with Crippen molar-refractivity contribution in [2.24, 2.45) is 11.8 Å². The summed E-state index contributed by atoms with van der Waals surface area (Å²) >= 11 is 0. The summed E-state index contributed by atoms with van der Waals surface area (Å²) in [5.41, 5.74) is 1.28. The minimum Gasteiger partial charge on any atom is -0.483 e. The number of alkyl halides is 5. The average Bonchev–Trinajstić information content (AvgIpc) is 3.29. The van der Waals surface area contributed by atoms with Gasteiger partial charge in [0.1, 0.15) is 0 Å². The molecule has 35 heavy (non-hydrogen) atoms. The summed E-state index contributed by atoms with van der Waals surface area (Å²) in [6, 6.07) is 4.41. The number of halogens is 6. The molecule has 1 saturated carbocycles. The van der Waals surface area contributed by atoms with Crippen molar-refractivity contribution in [2.75, 3.05) is 29.9 Å². The third kappa shape index (κ3) is 4.43. The Hall–Kier alpha value is -3.25. The molecule has 0 amide bonds. The lowest BCUT2D eigenvalue weighted by Crippen LogP contribution is -2.48. The molecule has 3 aromatic heterocycles. The van der Waals surface area contributed by atoms with E-state index in [4.69, 9.17) is 4.74 Å². The minimum absolute atomic E-state index is 0.00795. The molecule has 3 atom stereocenters. The summed E-state index contributed by atoms with van der Waals surface area (Å²) < 4.78 is 84.4. The smallest absolute Gasteiger partial charge is 0.456 e. The Morgan fingerprint density at radius 3 is 2.54 bits per heavy atom. The maximum atomic E-state index is 14.4. The highest BCUT2D eigenvalue weighted by Crippen LogP contribution is 2.41. The van der Waals surface area contributed by atoms with Gasteiger partial charge in [0.05, 0.1) is 11.9 Å². The second-order valence-electron chi connectivity index (χ2n) is 9.02. The van der Waals surface area contributed by atoms with Crippen molar-refractivity contribution in [3.63, 3.8) is 0 Å². The molecular formula is C22H22F6N6O. The van der Waals surface area contributed by atoms with Crippen molar-refractivity contribution in [1.29, 1.82) is 0 Å². The van der Waals surface area contributed by atoms with Crippen LogP contribution < -0.4 is 15.0 Å². The Kier molecular flexibility index (Phi) is 5.67. The number of anilines is 2. The first-order valence-electron chi connectivity index (χ1n) is 11.1. The van der Waals surface area contributed by atoms with E-state index in [-0.39, 0.29) is 41.0 Å². The van der Waals surface area contributed by atoms with Crippen molar-refractivity contribution in [2.45, 2.75) is 37.9 Å². The minimum atomic E-state index is -5.72. The Labute approximate surface area is 196 Å². The molecule has 0 aromatic carbocycles.